The highest BCUT2D eigenvalue weighted by molar-refractivity contribution is 6.11. The molecule has 0 saturated heterocycles. The summed E-state index contributed by atoms with van der Waals surface area (Å²) in [5.41, 5.74) is 2.87. The van der Waals surface area contributed by atoms with Crippen LogP contribution in [0.5, 0.6) is 0 Å². The van der Waals surface area contributed by atoms with Gasteiger partial charge in [-0.3, -0.25) is 0 Å². The number of hydrogen-bond donors (Lipinski definition) is 0. The van der Waals surface area contributed by atoms with Gasteiger partial charge in [-0.15, -0.1) is 0 Å². The quantitative estimate of drug-likeness (QED) is 0.141. The lowest BCUT2D eigenvalue weighted by atomic mass is 9.90. The monoisotopic (exact) mass is 592 g/mol. The van der Waals surface area contributed by atoms with Gasteiger partial charge in [0.15, 0.2) is 0 Å². The highest BCUT2D eigenvalue weighted by Gasteiger charge is 2.20. The maximum atomic E-state index is 12.8. The number of aryl methyl sites for hydroxylation is 2. The second-order valence-corrected chi connectivity index (χ2v) is 12.0. The molecule has 1 aromatic heterocycles. The van der Waals surface area contributed by atoms with Gasteiger partial charge in [0.2, 0.25) is 0 Å². The van der Waals surface area contributed by atoms with Crippen molar-refractivity contribution >= 4 is 33.9 Å². The van der Waals surface area contributed by atoms with E-state index in [2.05, 4.69) is 37.5 Å². The topological polar surface area (TPSA) is 99.9 Å². The molecule has 0 fully saturated rings. The summed E-state index contributed by atoms with van der Waals surface area (Å²) in [6.07, 6.45) is 12.0. The molecule has 0 spiro atoms. The number of rotatable bonds is 22. The van der Waals surface area contributed by atoms with Gasteiger partial charge in [-0.05, 0) is 132 Å². The first-order chi connectivity index (χ1) is 20.8. The Bertz CT molecular complexity index is 1300. The van der Waals surface area contributed by atoms with E-state index in [4.69, 9.17) is 4.42 Å². The predicted octanol–water partition coefficient (Wildman–Crippen LogP) is 5.98. The molecule has 238 valence electrons. The first kappa shape index (κ1) is 34.6. The summed E-state index contributed by atoms with van der Waals surface area (Å²) in [6.45, 7) is 14.8. The van der Waals surface area contributed by atoms with Crippen molar-refractivity contribution in [1.29, 1.82) is 0 Å². The van der Waals surface area contributed by atoms with Crippen LogP contribution >= 0.6 is 0 Å². The van der Waals surface area contributed by atoms with Gasteiger partial charge >= 0.3 is 0 Å². The molecule has 0 aliphatic carbocycles. The molecule has 0 atom stereocenters. The highest BCUT2D eigenvalue weighted by atomic mass is 16.4. The minimum Gasteiger partial charge on any atom is -0.545 e. The fourth-order valence-corrected chi connectivity index (χ4v) is 6.08. The van der Waals surface area contributed by atoms with Gasteiger partial charge in [0.05, 0.1) is 11.9 Å². The fourth-order valence-electron chi connectivity index (χ4n) is 6.08. The Morgan fingerprint density at radius 3 is 1.65 bits per heavy atom. The van der Waals surface area contributed by atoms with E-state index in [1.165, 1.54) is 6.07 Å². The van der Waals surface area contributed by atoms with Crippen LogP contribution in [-0.2, 0) is 12.8 Å². The summed E-state index contributed by atoms with van der Waals surface area (Å²) >= 11 is 0. The molecular weight excluding hydrogens is 540 g/mol. The third kappa shape index (κ3) is 9.80. The molecule has 0 saturated carbocycles. The van der Waals surface area contributed by atoms with E-state index in [-0.39, 0.29) is 11.1 Å². The second kappa shape index (κ2) is 18.0. The second-order valence-electron chi connectivity index (χ2n) is 12.0. The summed E-state index contributed by atoms with van der Waals surface area (Å²) in [4.78, 5) is 29.5. The van der Waals surface area contributed by atoms with Crippen LogP contribution in [0.3, 0.4) is 0 Å². The summed E-state index contributed by atoms with van der Waals surface area (Å²) in [5, 5.41) is 25.8. The molecule has 1 heterocycles. The Balaban J connectivity index is 2.00. The first-order valence-electron chi connectivity index (χ1n) is 16.7. The van der Waals surface area contributed by atoms with Crippen molar-refractivity contribution in [3.63, 3.8) is 0 Å². The lowest BCUT2D eigenvalue weighted by molar-refractivity contribution is -0.256. The van der Waals surface area contributed by atoms with Gasteiger partial charge in [-0.1, -0.05) is 53.4 Å². The van der Waals surface area contributed by atoms with E-state index in [0.717, 1.165) is 109 Å². The third-order valence-electron chi connectivity index (χ3n) is 8.52. The van der Waals surface area contributed by atoms with Crippen molar-refractivity contribution in [2.45, 2.75) is 105 Å². The van der Waals surface area contributed by atoms with Crippen LogP contribution in [0.2, 0.25) is 0 Å². The molecule has 7 nitrogen and oxygen atoms in total. The van der Waals surface area contributed by atoms with Gasteiger partial charge in [0.25, 0.3) is 0 Å². The minimum absolute atomic E-state index is 0.0461. The van der Waals surface area contributed by atoms with Crippen LogP contribution in [0.25, 0.3) is 21.9 Å². The molecule has 3 rings (SSSR count). The Morgan fingerprint density at radius 2 is 1.16 bits per heavy atom. The van der Waals surface area contributed by atoms with Crippen LogP contribution in [0.4, 0.5) is 0 Å². The van der Waals surface area contributed by atoms with Crippen LogP contribution in [-0.4, -0.2) is 61.0 Å². The van der Waals surface area contributed by atoms with Gasteiger partial charge in [0, 0.05) is 16.3 Å². The lowest BCUT2D eigenvalue weighted by Gasteiger charge is -2.24. The molecule has 0 N–H and O–H groups in total. The number of carbonyl (C=O) groups excluding carboxylic acids is 2. The van der Waals surface area contributed by atoms with Crippen molar-refractivity contribution in [3.8, 4) is 0 Å². The normalized spacial score (nSPS) is 11.9. The number of carboxylic acids is 2. The molecule has 3 aromatic rings. The van der Waals surface area contributed by atoms with Gasteiger partial charge in [-0.2, -0.15) is 0 Å². The number of fused-ring (bicyclic) bond motifs is 3. The maximum Gasteiger partial charge on any atom is 0.136 e. The fraction of sp³-hybridized carbons (Fsp3) is 0.611. The molecule has 0 aliphatic heterocycles. The molecule has 2 aromatic carbocycles. The van der Waals surface area contributed by atoms with E-state index in [1.807, 2.05) is 6.07 Å². The van der Waals surface area contributed by atoms with E-state index in [9.17, 15) is 19.8 Å². The number of benzene rings is 2. The number of aromatic carboxylic acids is 2. The predicted molar refractivity (Wildman–Crippen MR) is 172 cm³/mol. The maximum absolute atomic E-state index is 12.8. The van der Waals surface area contributed by atoms with Gasteiger partial charge in [0.1, 0.15) is 11.2 Å². The molecule has 0 unspecified atom stereocenters. The molecule has 0 amide bonds. The average molecular weight is 593 g/mol. The first-order valence-corrected chi connectivity index (χ1v) is 16.7. The zero-order chi connectivity index (χ0) is 31.2. The van der Waals surface area contributed by atoms with E-state index in [1.54, 1.807) is 12.1 Å². The molecular formula is C36H52N2O5-2. The number of furan rings is 1. The summed E-state index contributed by atoms with van der Waals surface area (Å²) in [5.74, 6) is -2.45. The summed E-state index contributed by atoms with van der Waals surface area (Å²) < 4.78 is 6.22. The summed E-state index contributed by atoms with van der Waals surface area (Å²) in [6, 6.07) is 6.51. The van der Waals surface area contributed by atoms with E-state index < -0.39 is 11.9 Å². The number of carbonyl (C=O) groups is 2. The number of hydrogen-bond acceptors (Lipinski definition) is 7. The van der Waals surface area contributed by atoms with Gasteiger partial charge < -0.3 is 34.0 Å². The Kier molecular flexibility index (Phi) is 14.5. The molecule has 0 radical (unpaired) electrons. The largest absolute Gasteiger partial charge is 0.545 e. The molecule has 0 bridgehead atoms. The zero-order valence-corrected chi connectivity index (χ0v) is 27.0. The molecule has 43 heavy (non-hydrogen) atoms. The SMILES string of the molecule is CCCCN(CCCC)CCCc1cc2oc3ccc(C(=O)[O-])cc3c2c(CCCN(CCCC)CCCC)c1C(=O)[O-]. The van der Waals surface area contributed by atoms with Crippen molar-refractivity contribution in [2.24, 2.45) is 0 Å². The Labute approximate surface area is 258 Å². The summed E-state index contributed by atoms with van der Waals surface area (Å²) in [7, 11) is 0. The lowest BCUT2D eigenvalue weighted by Crippen LogP contribution is -2.29. The smallest absolute Gasteiger partial charge is 0.136 e. The standard InChI is InChI=1S/C36H54N2O5/c1-5-9-19-37(20-10-6-2)23-13-15-27-26-32-34(30-25-28(35(39)40)17-18-31(30)43-32)29(33(27)36(41)42)16-14-24-38(21-11-7-3)22-12-8-4/h17-18,25-26H,5-16,19-24H2,1-4H3,(H,39,40)(H,41,42)/p-2. The molecule has 0 aliphatic rings. The van der Waals surface area contributed by atoms with Crippen molar-refractivity contribution < 1.29 is 24.2 Å². The van der Waals surface area contributed by atoms with Crippen LogP contribution < -0.4 is 10.2 Å². The molecule has 7 heteroatoms. The minimum atomic E-state index is -1.27. The van der Waals surface area contributed by atoms with Crippen LogP contribution in [0.15, 0.2) is 28.7 Å². The Morgan fingerprint density at radius 1 is 0.651 bits per heavy atom. The van der Waals surface area contributed by atoms with Crippen LogP contribution in [0.1, 0.15) is 124 Å². The highest BCUT2D eigenvalue weighted by Crippen LogP contribution is 2.36. The van der Waals surface area contributed by atoms with E-state index >= 15 is 0 Å². The Hall–Kier alpha value is -2.90. The third-order valence-corrected chi connectivity index (χ3v) is 8.52. The number of unbranched alkanes of at least 4 members (excludes halogenated alkanes) is 4. The van der Waals surface area contributed by atoms with Crippen molar-refractivity contribution in [2.75, 3.05) is 39.3 Å². The zero-order valence-electron chi connectivity index (χ0n) is 27.0. The number of carboxylic acid groups (broad SMARTS) is 2. The van der Waals surface area contributed by atoms with E-state index in [0.29, 0.717) is 40.3 Å². The van der Waals surface area contributed by atoms with Crippen molar-refractivity contribution in [1.82, 2.24) is 9.80 Å². The van der Waals surface area contributed by atoms with Crippen molar-refractivity contribution in [3.05, 3.63) is 46.5 Å². The average Bonchev–Trinajstić information content (AvgIpc) is 3.36. The van der Waals surface area contributed by atoms with Crippen LogP contribution in [0, 0.1) is 0 Å². The number of nitrogens with zero attached hydrogens (tertiary/aromatic N) is 2. The van der Waals surface area contributed by atoms with Gasteiger partial charge in [-0.25, -0.2) is 0 Å².